The van der Waals surface area contributed by atoms with Crippen LogP contribution in [-0.2, 0) is 11.2 Å². The van der Waals surface area contributed by atoms with E-state index in [1.807, 2.05) is 24.3 Å². The SMILES string of the molecule is COc1ccc(CCC(=O)N/N=C\c2cc(OC)ccc2O)cc1. The van der Waals surface area contributed by atoms with Gasteiger partial charge in [0.25, 0.3) is 0 Å². The zero-order valence-corrected chi connectivity index (χ0v) is 13.7. The number of carbonyl (C=O) groups excluding carboxylic acids is 1. The minimum absolute atomic E-state index is 0.0621. The molecule has 0 aromatic heterocycles. The molecule has 0 fully saturated rings. The third kappa shape index (κ3) is 5.01. The lowest BCUT2D eigenvalue weighted by molar-refractivity contribution is -0.121. The number of rotatable bonds is 7. The Bertz CT molecular complexity index is 711. The molecule has 1 amide bonds. The molecule has 0 unspecified atom stereocenters. The number of phenolic OH excluding ortho intramolecular Hbond substituents is 1. The van der Waals surface area contributed by atoms with Crippen LogP contribution in [0.4, 0.5) is 0 Å². The number of nitrogens with one attached hydrogen (secondary N) is 1. The maximum Gasteiger partial charge on any atom is 0.240 e. The summed E-state index contributed by atoms with van der Waals surface area (Å²) in [5.74, 6) is 1.24. The highest BCUT2D eigenvalue weighted by Gasteiger charge is 2.03. The van der Waals surface area contributed by atoms with Crippen LogP contribution in [0.1, 0.15) is 17.5 Å². The van der Waals surface area contributed by atoms with Crippen molar-refractivity contribution in [1.29, 1.82) is 0 Å². The van der Waals surface area contributed by atoms with E-state index in [2.05, 4.69) is 10.5 Å². The Hall–Kier alpha value is -3.02. The highest BCUT2D eigenvalue weighted by Crippen LogP contribution is 2.20. The highest BCUT2D eigenvalue weighted by atomic mass is 16.5. The molecule has 0 radical (unpaired) electrons. The summed E-state index contributed by atoms with van der Waals surface area (Å²) in [6.07, 6.45) is 2.30. The average molecular weight is 328 g/mol. The van der Waals surface area contributed by atoms with Gasteiger partial charge in [-0.15, -0.1) is 0 Å². The Morgan fingerprint density at radius 1 is 1.12 bits per heavy atom. The first-order valence-electron chi connectivity index (χ1n) is 7.44. The summed E-state index contributed by atoms with van der Waals surface area (Å²) in [6.45, 7) is 0. The van der Waals surface area contributed by atoms with E-state index >= 15 is 0 Å². The quantitative estimate of drug-likeness (QED) is 0.604. The number of aryl methyl sites for hydroxylation is 1. The molecule has 24 heavy (non-hydrogen) atoms. The van der Waals surface area contributed by atoms with Gasteiger partial charge in [-0.25, -0.2) is 5.43 Å². The Morgan fingerprint density at radius 2 is 1.79 bits per heavy atom. The summed E-state index contributed by atoms with van der Waals surface area (Å²) in [7, 11) is 3.15. The van der Waals surface area contributed by atoms with Crippen molar-refractivity contribution >= 4 is 12.1 Å². The molecule has 0 heterocycles. The van der Waals surface area contributed by atoms with Crippen molar-refractivity contribution in [3.8, 4) is 17.2 Å². The van der Waals surface area contributed by atoms with E-state index in [4.69, 9.17) is 9.47 Å². The van der Waals surface area contributed by atoms with Gasteiger partial charge in [0.15, 0.2) is 0 Å². The number of carbonyl (C=O) groups is 1. The summed E-state index contributed by atoms with van der Waals surface area (Å²) in [4.78, 5) is 11.8. The number of aromatic hydroxyl groups is 1. The third-order valence-corrected chi connectivity index (χ3v) is 3.43. The predicted molar refractivity (Wildman–Crippen MR) is 91.7 cm³/mol. The number of hydrogen-bond acceptors (Lipinski definition) is 5. The zero-order valence-electron chi connectivity index (χ0n) is 13.7. The molecule has 0 aliphatic carbocycles. The van der Waals surface area contributed by atoms with Gasteiger partial charge in [0.05, 0.1) is 20.4 Å². The molecule has 6 heteroatoms. The first-order chi connectivity index (χ1) is 11.6. The summed E-state index contributed by atoms with van der Waals surface area (Å²) >= 11 is 0. The molecule has 2 aromatic rings. The van der Waals surface area contributed by atoms with Gasteiger partial charge in [-0.3, -0.25) is 4.79 Å². The van der Waals surface area contributed by atoms with Crippen molar-refractivity contribution in [2.75, 3.05) is 14.2 Å². The van der Waals surface area contributed by atoms with Crippen LogP contribution in [0.25, 0.3) is 0 Å². The summed E-state index contributed by atoms with van der Waals surface area (Å²) in [5.41, 5.74) is 3.95. The smallest absolute Gasteiger partial charge is 0.240 e. The number of benzene rings is 2. The molecule has 0 spiro atoms. The fourth-order valence-electron chi connectivity index (χ4n) is 2.04. The van der Waals surface area contributed by atoms with Crippen LogP contribution in [0, 0.1) is 0 Å². The second kappa shape index (κ2) is 8.57. The Kier molecular flexibility index (Phi) is 6.19. The van der Waals surface area contributed by atoms with E-state index < -0.39 is 0 Å². The number of hydrogen-bond donors (Lipinski definition) is 2. The average Bonchev–Trinajstić information content (AvgIpc) is 2.62. The number of methoxy groups -OCH3 is 2. The normalized spacial score (nSPS) is 10.6. The molecule has 0 saturated carbocycles. The number of ether oxygens (including phenoxy) is 2. The third-order valence-electron chi connectivity index (χ3n) is 3.43. The van der Waals surface area contributed by atoms with Crippen LogP contribution in [-0.4, -0.2) is 31.4 Å². The zero-order chi connectivity index (χ0) is 17.4. The Balaban J connectivity index is 1.84. The van der Waals surface area contributed by atoms with E-state index in [1.54, 1.807) is 19.2 Å². The van der Waals surface area contributed by atoms with Crippen molar-refractivity contribution in [3.05, 3.63) is 53.6 Å². The van der Waals surface area contributed by atoms with Crippen molar-refractivity contribution in [1.82, 2.24) is 5.43 Å². The van der Waals surface area contributed by atoms with E-state index in [9.17, 15) is 9.90 Å². The fraction of sp³-hybridized carbons (Fsp3) is 0.222. The van der Waals surface area contributed by atoms with Crippen molar-refractivity contribution < 1.29 is 19.4 Å². The number of nitrogens with zero attached hydrogens (tertiary/aromatic N) is 1. The fourth-order valence-corrected chi connectivity index (χ4v) is 2.04. The minimum Gasteiger partial charge on any atom is -0.507 e. The van der Waals surface area contributed by atoms with E-state index in [1.165, 1.54) is 19.4 Å². The molecule has 6 nitrogen and oxygen atoms in total. The van der Waals surface area contributed by atoms with Crippen LogP contribution in [0.2, 0.25) is 0 Å². The van der Waals surface area contributed by atoms with Gasteiger partial charge in [-0.2, -0.15) is 5.10 Å². The molecule has 0 atom stereocenters. The van der Waals surface area contributed by atoms with Crippen molar-refractivity contribution in [3.63, 3.8) is 0 Å². The lowest BCUT2D eigenvalue weighted by Gasteiger charge is -2.04. The van der Waals surface area contributed by atoms with Crippen molar-refractivity contribution in [2.45, 2.75) is 12.8 Å². The molecule has 0 aliphatic rings. The van der Waals surface area contributed by atoms with Crippen LogP contribution in [0.15, 0.2) is 47.6 Å². The number of amides is 1. The maximum absolute atomic E-state index is 11.8. The maximum atomic E-state index is 11.8. The van der Waals surface area contributed by atoms with E-state index in [-0.39, 0.29) is 11.7 Å². The van der Waals surface area contributed by atoms with Crippen LogP contribution in [0.3, 0.4) is 0 Å². The Labute approximate surface area is 140 Å². The predicted octanol–water partition coefficient (Wildman–Crippen LogP) is 2.49. The second-order valence-electron chi connectivity index (χ2n) is 5.07. The minimum atomic E-state index is -0.204. The van der Waals surface area contributed by atoms with Crippen LogP contribution < -0.4 is 14.9 Å². The second-order valence-corrected chi connectivity index (χ2v) is 5.07. The van der Waals surface area contributed by atoms with Gasteiger partial charge in [-0.1, -0.05) is 12.1 Å². The topological polar surface area (TPSA) is 80.2 Å². The lowest BCUT2D eigenvalue weighted by Crippen LogP contribution is -2.17. The van der Waals surface area contributed by atoms with E-state index in [0.717, 1.165) is 11.3 Å². The summed E-state index contributed by atoms with van der Waals surface area (Å²) < 4.78 is 10.2. The van der Waals surface area contributed by atoms with Crippen LogP contribution in [0.5, 0.6) is 17.2 Å². The number of phenols is 1. The summed E-state index contributed by atoms with van der Waals surface area (Å²) in [6, 6.07) is 12.3. The molecule has 2 rings (SSSR count). The largest absolute Gasteiger partial charge is 0.507 e. The molecule has 0 saturated heterocycles. The standard InChI is InChI=1S/C18H20N2O4/c1-23-15-6-3-13(4-7-15)5-10-18(22)20-19-12-14-11-16(24-2)8-9-17(14)21/h3-4,6-9,11-12,21H,5,10H2,1-2H3,(H,20,22)/b19-12-. The molecule has 0 aliphatic heterocycles. The molecular weight excluding hydrogens is 308 g/mol. The highest BCUT2D eigenvalue weighted by molar-refractivity contribution is 5.85. The van der Waals surface area contributed by atoms with Gasteiger partial charge in [0.1, 0.15) is 17.2 Å². The van der Waals surface area contributed by atoms with E-state index in [0.29, 0.717) is 24.2 Å². The molecule has 2 N–H and O–H groups in total. The van der Waals surface area contributed by atoms with Crippen molar-refractivity contribution in [2.24, 2.45) is 5.10 Å². The first-order valence-corrected chi connectivity index (χ1v) is 7.44. The van der Waals surface area contributed by atoms with Gasteiger partial charge >= 0.3 is 0 Å². The van der Waals surface area contributed by atoms with Gasteiger partial charge in [-0.05, 0) is 42.3 Å². The Morgan fingerprint density at radius 3 is 2.46 bits per heavy atom. The van der Waals surface area contributed by atoms with Gasteiger partial charge in [0, 0.05) is 12.0 Å². The van der Waals surface area contributed by atoms with Gasteiger partial charge < -0.3 is 14.6 Å². The molecule has 2 aromatic carbocycles. The first kappa shape index (κ1) is 17.3. The lowest BCUT2D eigenvalue weighted by atomic mass is 10.1. The summed E-state index contributed by atoms with van der Waals surface area (Å²) in [5, 5.41) is 13.6. The number of hydrazone groups is 1. The van der Waals surface area contributed by atoms with Crippen LogP contribution >= 0.6 is 0 Å². The molecule has 0 bridgehead atoms. The van der Waals surface area contributed by atoms with Gasteiger partial charge in [0.2, 0.25) is 5.91 Å². The molecular formula is C18H20N2O4. The molecule has 126 valence electrons. The monoisotopic (exact) mass is 328 g/mol.